The lowest BCUT2D eigenvalue weighted by Crippen LogP contribution is -2.49. The van der Waals surface area contributed by atoms with E-state index < -0.39 is 0 Å². The van der Waals surface area contributed by atoms with Gasteiger partial charge in [-0.3, -0.25) is 14.4 Å². The lowest BCUT2D eigenvalue weighted by molar-refractivity contribution is -0.152. The fourth-order valence-corrected chi connectivity index (χ4v) is 7.33. The smallest absolute Gasteiger partial charge is 0.306 e. The molecule has 0 spiro atoms. The van der Waals surface area contributed by atoms with Crippen LogP contribution in [-0.4, -0.2) is 38.8 Å². The van der Waals surface area contributed by atoms with E-state index in [4.69, 9.17) is 9.47 Å². The lowest BCUT2D eigenvalue weighted by atomic mass is 9.51. The van der Waals surface area contributed by atoms with Crippen LogP contribution in [0.2, 0.25) is 0 Å². The van der Waals surface area contributed by atoms with Gasteiger partial charge in [-0.05, 0) is 68.1 Å². The van der Waals surface area contributed by atoms with Crippen molar-refractivity contribution in [1.82, 2.24) is 5.32 Å². The van der Waals surface area contributed by atoms with Crippen LogP contribution >= 0.6 is 0 Å². The Morgan fingerprint density at radius 3 is 2.50 bits per heavy atom. The summed E-state index contributed by atoms with van der Waals surface area (Å²) in [6, 6.07) is 0. The second-order valence-electron chi connectivity index (χ2n) is 10.6. The van der Waals surface area contributed by atoms with Crippen molar-refractivity contribution in [2.45, 2.75) is 72.1 Å². The summed E-state index contributed by atoms with van der Waals surface area (Å²) < 4.78 is 10.1. The van der Waals surface area contributed by atoms with E-state index in [0.29, 0.717) is 24.7 Å². The van der Waals surface area contributed by atoms with Gasteiger partial charge >= 0.3 is 11.9 Å². The number of hydrogen-bond acceptors (Lipinski definition) is 6. The molecule has 3 rings (SSSR count). The minimum Gasteiger partial charge on any atom is -0.469 e. The molecule has 188 valence electrons. The van der Waals surface area contributed by atoms with Gasteiger partial charge in [0.15, 0.2) is 0 Å². The number of fused-ring (bicyclic) bond motifs is 3. The summed E-state index contributed by atoms with van der Waals surface area (Å²) >= 11 is 0. The van der Waals surface area contributed by atoms with Crippen LogP contribution in [0.15, 0.2) is 28.5 Å². The van der Waals surface area contributed by atoms with Crippen LogP contribution in [0.1, 0.15) is 72.1 Å². The van der Waals surface area contributed by atoms with Crippen molar-refractivity contribution in [2.24, 2.45) is 39.5 Å². The lowest BCUT2D eigenvalue weighted by Gasteiger charge is -2.53. The van der Waals surface area contributed by atoms with Crippen molar-refractivity contribution in [1.29, 1.82) is 0 Å². The van der Waals surface area contributed by atoms with Gasteiger partial charge in [0.1, 0.15) is 6.29 Å². The summed E-state index contributed by atoms with van der Waals surface area (Å²) in [5, 5.41) is 3.34. The van der Waals surface area contributed by atoms with Gasteiger partial charge in [0.2, 0.25) is 0 Å². The number of nitrogens with one attached hydrogen (secondary N) is 1. The second-order valence-corrected chi connectivity index (χ2v) is 10.6. The molecule has 0 aromatic carbocycles. The fourth-order valence-electron chi connectivity index (χ4n) is 7.33. The zero-order valence-electron chi connectivity index (χ0n) is 21.3. The van der Waals surface area contributed by atoms with E-state index in [1.807, 2.05) is 13.0 Å². The number of carbonyl (C=O) groups excluding carboxylic acids is 3. The molecule has 3 aliphatic rings. The first kappa shape index (κ1) is 26.2. The Bertz CT molecular complexity index is 878. The van der Waals surface area contributed by atoms with E-state index in [2.05, 4.69) is 24.2 Å². The predicted molar refractivity (Wildman–Crippen MR) is 131 cm³/mol. The van der Waals surface area contributed by atoms with Crippen LogP contribution in [0, 0.1) is 34.5 Å². The first-order chi connectivity index (χ1) is 16.2. The molecule has 7 nitrogen and oxygen atoms in total. The Morgan fingerprint density at radius 1 is 1.12 bits per heavy atom. The Hall–Kier alpha value is -2.44. The van der Waals surface area contributed by atoms with Gasteiger partial charge in [0.25, 0.3) is 0 Å². The molecule has 0 heterocycles. The van der Waals surface area contributed by atoms with Crippen LogP contribution in [0.5, 0.6) is 0 Å². The molecule has 2 fully saturated rings. The normalized spacial score (nSPS) is 35.6. The highest BCUT2D eigenvalue weighted by molar-refractivity contribution is 5.78. The van der Waals surface area contributed by atoms with E-state index >= 15 is 0 Å². The quantitative estimate of drug-likeness (QED) is 0.241. The first-order valence-electron chi connectivity index (χ1n) is 12.5. The van der Waals surface area contributed by atoms with Crippen LogP contribution in [0.4, 0.5) is 0 Å². The van der Waals surface area contributed by atoms with Crippen molar-refractivity contribution in [3.05, 3.63) is 23.5 Å². The van der Waals surface area contributed by atoms with Gasteiger partial charge in [-0.2, -0.15) is 0 Å². The fraction of sp³-hybridized carbons (Fsp3) is 0.704. The highest BCUT2D eigenvalue weighted by atomic mass is 16.5. The molecule has 3 aliphatic carbocycles. The van der Waals surface area contributed by atoms with Crippen molar-refractivity contribution in [3.8, 4) is 0 Å². The molecule has 0 bridgehead atoms. The average Bonchev–Trinajstić information content (AvgIpc) is 3.04. The molecule has 0 aromatic heterocycles. The molecule has 0 aromatic rings. The van der Waals surface area contributed by atoms with E-state index in [0.717, 1.165) is 56.1 Å². The maximum absolute atomic E-state index is 12.6. The Kier molecular flexibility index (Phi) is 8.37. The number of methoxy groups -OCH3 is 2. The molecule has 2 saturated carbocycles. The molecule has 0 saturated heterocycles. The summed E-state index contributed by atoms with van der Waals surface area (Å²) in [6.45, 7) is 6.35. The van der Waals surface area contributed by atoms with Gasteiger partial charge < -0.3 is 14.8 Å². The van der Waals surface area contributed by atoms with Gasteiger partial charge in [-0.25, -0.2) is 4.99 Å². The molecule has 1 N–H and O–H groups in total. The largest absolute Gasteiger partial charge is 0.469 e. The minimum atomic E-state index is -0.366. The van der Waals surface area contributed by atoms with Crippen molar-refractivity contribution >= 4 is 24.6 Å². The van der Waals surface area contributed by atoms with Crippen LogP contribution in [0.25, 0.3) is 0 Å². The average molecular weight is 473 g/mol. The zero-order valence-corrected chi connectivity index (χ0v) is 21.3. The summed E-state index contributed by atoms with van der Waals surface area (Å²) in [4.78, 5) is 41.2. The van der Waals surface area contributed by atoms with Gasteiger partial charge in [-0.1, -0.05) is 26.3 Å². The minimum absolute atomic E-state index is 0.0591. The number of aliphatic imine (C=N–C) groups is 1. The van der Waals surface area contributed by atoms with Crippen LogP contribution in [-0.2, 0) is 23.9 Å². The number of allylic oxidation sites excluding steroid dienone is 3. The molecule has 6 atom stereocenters. The van der Waals surface area contributed by atoms with E-state index in [9.17, 15) is 14.4 Å². The van der Waals surface area contributed by atoms with Crippen LogP contribution in [0.3, 0.4) is 0 Å². The number of esters is 2. The van der Waals surface area contributed by atoms with Gasteiger partial charge in [0, 0.05) is 29.3 Å². The predicted octanol–water partition coefficient (Wildman–Crippen LogP) is 4.58. The Balaban J connectivity index is 1.95. The second kappa shape index (κ2) is 10.9. The molecule has 0 unspecified atom stereocenters. The number of nitrogens with zero attached hydrogens (tertiary/aromatic N) is 1. The number of hydrogen-bond donors (Lipinski definition) is 1. The highest BCUT2D eigenvalue weighted by Crippen LogP contribution is 2.64. The van der Waals surface area contributed by atoms with Crippen molar-refractivity contribution < 1.29 is 23.9 Å². The van der Waals surface area contributed by atoms with Gasteiger partial charge in [0.05, 0.1) is 27.0 Å². The number of ether oxygens (including phenoxy) is 2. The topological polar surface area (TPSA) is 94.1 Å². The van der Waals surface area contributed by atoms with E-state index in [1.54, 1.807) is 12.5 Å². The summed E-state index contributed by atoms with van der Waals surface area (Å²) in [7, 11) is 2.85. The van der Waals surface area contributed by atoms with Crippen LogP contribution < -0.4 is 5.32 Å². The third-order valence-corrected chi connectivity index (χ3v) is 9.08. The number of aldehydes is 1. The maximum Gasteiger partial charge on any atom is 0.306 e. The summed E-state index contributed by atoms with van der Waals surface area (Å²) in [6.07, 6.45) is 12.3. The summed E-state index contributed by atoms with van der Waals surface area (Å²) in [5.41, 5.74) is 1.30. The Labute approximate surface area is 203 Å². The molecule has 7 heteroatoms. The van der Waals surface area contributed by atoms with Crippen molar-refractivity contribution in [2.75, 3.05) is 14.2 Å². The molecule has 0 radical (unpaired) electrons. The standard InChI is InChI=1S/C27H40N2O5/c1-6-12-28-17-29-25-18(16-30)13-22-20-9-7-8-19(14-23(31)33-4)27(3,15-24(32)34-5)21(20)10-11-26(22,25)2/h6,12,16-17,19-22H,7-11,13-15H2,1-5H3,(H,28,29)/b12-6-/t19-,20-,21-,22-,26-,27-/m0/s1. The van der Waals surface area contributed by atoms with Crippen molar-refractivity contribution in [3.63, 3.8) is 0 Å². The van der Waals surface area contributed by atoms with E-state index in [1.165, 1.54) is 14.2 Å². The van der Waals surface area contributed by atoms with E-state index in [-0.39, 0.29) is 34.6 Å². The number of rotatable bonds is 8. The maximum atomic E-state index is 12.6. The molecule has 0 aliphatic heterocycles. The highest BCUT2D eigenvalue weighted by Gasteiger charge is 2.58. The third kappa shape index (κ3) is 4.84. The third-order valence-electron chi connectivity index (χ3n) is 9.08. The molecule has 34 heavy (non-hydrogen) atoms. The monoisotopic (exact) mass is 472 g/mol. The zero-order chi connectivity index (χ0) is 24.9. The molecular formula is C27H40N2O5. The Morgan fingerprint density at radius 2 is 1.85 bits per heavy atom. The molecular weight excluding hydrogens is 432 g/mol. The SMILES string of the molecule is C/C=C\N=CNC1=C(C=O)C[C@H]2[C@H]3CCC[C@@H](CC(=O)OC)[C@](C)(CC(=O)OC)[C@H]3CC[C@]12C. The van der Waals surface area contributed by atoms with Gasteiger partial charge in [-0.15, -0.1) is 0 Å². The summed E-state index contributed by atoms with van der Waals surface area (Å²) in [5.74, 6) is 0.537. The molecule has 0 amide bonds. The first-order valence-corrected chi connectivity index (χ1v) is 12.5. The number of carbonyl (C=O) groups is 3.